The van der Waals surface area contributed by atoms with Crippen molar-refractivity contribution < 1.29 is 22.1 Å². The lowest BCUT2D eigenvalue weighted by Gasteiger charge is -2.08. The summed E-state index contributed by atoms with van der Waals surface area (Å²) in [7, 11) is -3.66. The Labute approximate surface area is 94.1 Å². The molecule has 0 amide bonds. The van der Waals surface area contributed by atoms with E-state index in [1.165, 1.54) is 12.1 Å². The van der Waals surface area contributed by atoms with E-state index < -0.39 is 16.1 Å². The molecule has 0 atom stereocenters. The van der Waals surface area contributed by atoms with Gasteiger partial charge in [-0.05, 0) is 19.1 Å². The smallest absolute Gasteiger partial charge is 0.341 e. The van der Waals surface area contributed by atoms with Gasteiger partial charge in [0.15, 0.2) is 5.75 Å². The van der Waals surface area contributed by atoms with Crippen molar-refractivity contribution in [2.75, 3.05) is 12.9 Å². The van der Waals surface area contributed by atoms with Crippen LogP contribution >= 0.6 is 0 Å². The Morgan fingerprint density at radius 2 is 1.94 bits per heavy atom. The highest BCUT2D eigenvalue weighted by Gasteiger charge is 2.15. The zero-order chi connectivity index (χ0) is 12.2. The summed E-state index contributed by atoms with van der Waals surface area (Å²) >= 11 is 0. The molecule has 88 valence electrons. The summed E-state index contributed by atoms with van der Waals surface area (Å²) < 4.78 is 31.4. The quantitative estimate of drug-likeness (QED) is 0.588. The van der Waals surface area contributed by atoms with Crippen molar-refractivity contribution >= 4 is 16.1 Å². The minimum atomic E-state index is -3.66. The fourth-order valence-electron chi connectivity index (χ4n) is 1.08. The van der Waals surface area contributed by atoms with Crippen LogP contribution in [0.4, 0.5) is 0 Å². The first kappa shape index (κ1) is 12.5. The lowest BCUT2D eigenvalue weighted by Crippen LogP contribution is -2.11. The molecule has 1 rings (SSSR count). The maximum absolute atomic E-state index is 11.5. The van der Waals surface area contributed by atoms with E-state index in [1.807, 2.05) is 0 Å². The van der Waals surface area contributed by atoms with E-state index in [2.05, 4.69) is 4.18 Å². The SMILES string of the molecule is CCOC(=O)c1ccccc1OS(C)(=O)=O. The molecule has 0 bridgehead atoms. The number of ether oxygens (including phenoxy) is 1. The largest absolute Gasteiger partial charge is 0.462 e. The Morgan fingerprint density at radius 3 is 2.50 bits per heavy atom. The average molecular weight is 244 g/mol. The van der Waals surface area contributed by atoms with Gasteiger partial charge in [-0.2, -0.15) is 8.42 Å². The molecule has 0 spiro atoms. The van der Waals surface area contributed by atoms with Gasteiger partial charge in [0.05, 0.1) is 12.9 Å². The second-order valence-electron chi connectivity index (χ2n) is 3.00. The minimum absolute atomic E-state index is 0.0246. The Hall–Kier alpha value is -1.56. The summed E-state index contributed by atoms with van der Waals surface area (Å²) in [5.74, 6) is -0.634. The highest BCUT2D eigenvalue weighted by atomic mass is 32.2. The molecule has 5 nitrogen and oxygen atoms in total. The monoisotopic (exact) mass is 244 g/mol. The van der Waals surface area contributed by atoms with Crippen molar-refractivity contribution in [1.82, 2.24) is 0 Å². The Bertz CT molecular complexity index is 478. The number of hydrogen-bond acceptors (Lipinski definition) is 5. The summed E-state index contributed by atoms with van der Waals surface area (Å²) in [6, 6.07) is 6.01. The van der Waals surface area contributed by atoms with Crippen LogP contribution in [0.5, 0.6) is 5.75 Å². The molecular weight excluding hydrogens is 232 g/mol. The van der Waals surface area contributed by atoms with Crippen molar-refractivity contribution in [3.63, 3.8) is 0 Å². The van der Waals surface area contributed by atoms with Crippen LogP contribution in [0.2, 0.25) is 0 Å². The van der Waals surface area contributed by atoms with Gasteiger partial charge in [0, 0.05) is 0 Å². The van der Waals surface area contributed by atoms with E-state index in [1.54, 1.807) is 19.1 Å². The van der Waals surface area contributed by atoms with E-state index in [0.717, 1.165) is 6.26 Å². The molecule has 0 aliphatic carbocycles. The zero-order valence-corrected chi connectivity index (χ0v) is 9.78. The van der Waals surface area contributed by atoms with E-state index in [4.69, 9.17) is 4.74 Å². The van der Waals surface area contributed by atoms with Crippen molar-refractivity contribution in [2.24, 2.45) is 0 Å². The number of carbonyl (C=O) groups is 1. The normalized spacial score (nSPS) is 10.9. The molecule has 1 aromatic rings. The van der Waals surface area contributed by atoms with E-state index in [9.17, 15) is 13.2 Å². The van der Waals surface area contributed by atoms with Crippen LogP contribution in [-0.2, 0) is 14.9 Å². The van der Waals surface area contributed by atoms with Gasteiger partial charge in [-0.15, -0.1) is 0 Å². The van der Waals surface area contributed by atoms with Crippen molar-refractivity contribution in [2.45, 2.75) is 6.92 Å². The summed E-state index contributed by atoms with van der Waals surface area (Å²) in [5.41, 5.74) is 0.0924. The first-order valence-corrected chi connectivity index (χ1v) is 6.41. The Kier molecular flexibility index (Phi) is 3.89. The number of carbonyl (C=O) groups excluding carboxylic acids is 1. The van der Waals surface area contributed by atoms with Gasteiger partial charge >= 0.3 is 16.1 Å². The van der Waals surface area contributed by atoms with Crippen molar-refractivity contribution in [3.8, 4) is 5.75 Å². The van der Waals surface area contributed by atoms with Gasteiger partial charge < -0.3 is 8.92 Å². The van der Waals surface area contributed by atoms with Crippen LogP contribution in [0.25, 0.3) is 0 Å². The summed E-state index contributed by atoms with van der Waals surface area (Å²) in [6.07, 6.45) is 0.912. The first-order chi connectivity index (χ1) is 7.44. The van der Waals surface area contributed by atoms with Crippen LogP contribution in [0.3, 0.4) is 0 Å². The predicted molar refractivity (Wildman–Crippen MR) is 57.9 cm³/mol. The highest BCUT2D eigenvalue weighted by molar-refractivity contribution is 7.86. The molecule has 0 unspecified atom stereocenters. The molecular formula is C10H12O5S. The van der Waals surface area contributed by atoms with E-state index >= 15 is 0 Å². The second kappa shape index (κ2) is 4.98. The van der Waals surface area contributed by atoms with Crippen LogP contribution < -0.4 is 4.18 Å². The number of rotatable bonds is 4. The molecule has 0 fully saturated rings. The predicted octanol–water partition coefficient (Wildman–Crippen LogP) is 1.20. The fourth-order valence-corrected chi connectivity index (χ4v) is 1.55. The lowest BCUT2D eigenvalue weighted by atomic mass is 10.2. The number of benzene rings is 1. The highest BCUT2D eigenvalue weighted by Crippen LogP contribution is 2.20. The van der Waals surface area contributed by atoms with Crippen LogP contribution in [-0.4, -0.2) is 27.2 Å². The summed E-state index contributed by atoms with van der Waals surface area (Å²) in [5, 5.41) is 0. The molecule has 1 aromatic carbocycles. The van der Waals surface area contributed by atoms with Crippen molar-refractivity contribution in [3.05, 3.63) is 29.8 Å². The number of hydrogen-bond donors (Lipinski definition) is 0. The van der Waals surface area contributed by atoms with Crippen molar-refractivity contribution in [1.29, 1.82) is 0 Å². The molecule has 0 saturated carbocycles. The maximum atomic E-state index is 11.5. The molecule has 16 heavy (non-hydrogen) atoms. The van der Waals surface area contributed by atoms with Crippen LogP contribution in [0.1, 0.15) is 17.3 Å². The van der Waals surface area contributed by atoms with Crippen LogP contribution in [0.15, 0.2) is 24.3 Å². The third-order valence-electron chi connectivity index (χ3n) is 1.62. The Balaban J connectivity index is 3.05. The molecule has 0 saturated heterocycles. The van der Waals surface area contributed by atoms with E-state index in [-0.39, 0.29) is 17.9 Å². The first-order valence-electron chi connectivity index (χ1n) is 4.59. The standard InChI is InChI=1S/C10H12O5S/c1-3-14-10(11)8-6-4-5-7-9(8)15-16(2,12)13/h4-7H,3H2,1-2H3. The molecule has 0 N–H and O–H groups in total. The van der Waals surface area contributed by atoms with Gasteiger partial charge in [0.25, 0.3) is 0 Å². The van der Waals surface area contributed by atoms with Gasteiger partial charge in [0.2, 0.25) is 0 Å². The van der Waals surface area contributed by atoms with Gasteiger partial charge in [0.1, 0.15) is 5.56 Å². The van der Waals surface area contributed by atoms with Gasteiger partial charge in [-0.3, -0.25) is 0 Å². The van der Waals surface area contributed by atoms with Gasteiger partial charge in [-0.25, -0.2) is 4.79 Å². The Morgan fingerprint density at radius 1 is 1.31 bits per heavy atom. The topological polar surface area (TPSA) is 69.7 Å². The van der Waals surface area contributed by atoms with Gasteiger partial charge in [-0.1, -0.05) is 12.1 Å². The molecule has 0 aromatic heterocycles. The lowest BCUT2D eigenvalue weighted by molar-refractivity contribution is 0.0524. The maximum Gasteiger partial charge on any atom is 0.341 e. The number of para-hydroxylation sites is 1. The molecule has 0 aliphatic rings. The fraction of sp³-hybridized carbons (Fsp3) is 0.300. The second-order valence-corrected chi connectivity index (χ2v) is 4.58. The molecule has 0 radical (unpaired) electrons. The van der Waals surface area contributed by atoms with E-state index in [0.29, 0.717) is 0 Å². The average Bonchev–Trinajstić information content (AvgIpc) is 2.16. The van der Waals surface area contributed by atoms with Crippen LogP contribution in [0, 0.1) is 0 Å². The third-order valence-corrected chi connectivity index (χ3v) is 2.11. The summed E-state index contributed by atoms with van der Waals surface area (Å²) in [6.45, 7) is 1.88. The summed E-state index contributed by atoms with van der Waals surface area (Å²) in [4.78, 5) is 11.5. The molecule has 0 heterocycles. The number of esters is 1. The minimum Gasteiger partial charge on any atom is -0.462 e. The molecule has 6 heteroatoms. The third kappa shape index (κ3) is 3.54. The molecule has 0 aliphatic heterocycles. The zero-order valence-electron chi connectivity index (χ0n) is 8.97.